The Morgan fingerprint density at radius 2 is 0.739 bits per heavy atom. The number of hydrogen-bond donors (Lipinski definition) is 3. The summed E-state index contributed by atoms with van der Waals surface area (Å²) in [6, 6.07) is 51.3. The number of phenols is 3. The van der Waals surface area contributed by atoms with Crippen LogP contribution in [0, 0.1) is 52.4 Å². The first-order valence-electron chi connectivity index (χ1n) is 36.7. The average molecular weight is 1600 g/mol. The second-order valence-electron chi connectivity index (χ2n) is 28.3. The van der Waals surface area contributed by atoms with Gasteiger partial charge in [-0.15, -0.1) is 34.0 Å². The van der Waals surface area contributed by atoms with Gasteiger partial charge >= 0.3 is 0 Å². The largest absolute Gasteiger partial charge is 0.508 e. The van der Waals surface area contributed by atoms with Gasteiger partial charge in [0.25, 0.3) is 0 Å². The number of aryl methyl sites for hydroxylation is 5. The summed E-state index contributed by atoms with van der Waals surface area (Å²) in [7, 11) is 0. The Balaban J connectivity index is 0.000000146. The number of carbonyl (C=O) groups excluding carboxylic acids is 3. The van der Waals surface area contributed by atoms with E-state index in [4.69, 9.17) is 51.6 Å². The number of alkyl halides is 3. The minimum absolute atomic E-state index is 0.0911. The molecule has 15 nitrogen and oxygen atoms in total. The summed E-state index contributed by atoms with van der Waals surface area (Å²) < 4.78 is 76.3. The first kappa shape index (κ1) is 79.4. The van der Waals surface area contributed by atoms with E-state index in [-0.39, 0.29) is 72.4 Å². The van der Waals surface area contributed by atoms with Crippen LogP contribution >= 0.6 is 57.2 Å². The highest BCUT2D eigenvalue weighted by Gasteiger charge is 2.31. The highest BCUT2D eigenvalue weighted by atomic mass is 35.5. The smallest absolute Gasteiger partial charge is 0.207 e. The van der Waals surface area contributed by atoms with Crippen LogP contribution in [0.25, 0.3) is 30.3 Å². The van der Waals surface area contributed by atoms with Crippen LogP contribution in [0.3, 0.4) is 0 Å². The van der Waals surface area contributed by atoms with Gasteiger partial charge in [0.2, 0.25) is 17.3 Å². The van der Waals surface area contributed by atoms with Crippen LogP contribution in [-0.4, -0.2) is 146 Å². The first-order valence-corrected chi connectivity index (χ1v) is 39.9. The van der Waals surface area contributed by atoms with Crippen LogP contribution in [0.2, 0.25) is 10.0 Å². The molecule has 3 aromatic heterocycles. The average Bonchev–Trinajstić information content (AvgIpc) is 1.69. The lowest BCUT2D eigenvalue weighted by Gasteiger charge is -2.37. The van der Waals surface area contributed by atoms with Gasteiger partial charge in [0, 0.05) is 134 Å². The number of halogens is 5. The Morgan fingerprint density at radius 3 is 1.14 bits per heavy atom. The van der Waals surface area contributed by atoms with E-state index in [1.807, 2.05) is 113 Å². The Morgan fingerprint density at radius 1 is 0.387 bits per heavy atom. The van der Waals surface area contributed by atoms with Gasteiger partial charge in [-0.3, -0.25) is 32.5 Å². The lowest BCUT2D eigenvalue weighted by Crippen LogP contribution is -2.49. The zero-order chi connectivity index (χ0) is 78.0. The minimum Gasteiger partial charge on any atom is -0.508 e. The summed E-state index contributed by atoms with van der Waals surface area (Å²) in [6.07, 6.45) is 1.75. The predicted molar refractivity (Wildman–Crippen MR) is 437 cm³/mol. The second kappa shape index (κ2) is 36.2. The first-order chi connectivity index (χ1) is 53.6. The number of nitrogens with zero attached hydrogens (tertiary/aromatic N) is 3. The van der Waals surface area contributed by atoms with E-state index in [2.05, 4.69) is 14.7 Å². The molecule has 3 saturated heterocycles. The van der Waals surface area contributed by atoms with Crippen LogP contribution in [0.5, 0.6) is 69.0 Å². The van der Waals surface area contributed by atoms with Gasteiger partial charge in [0.15, 0.2) is 17.2 Å². The van der Waals surface area contributed by atoms with Gasteiger partial charge < -0.3 is 53.5 Å². The topological polar surface area (TPSA) is 177 Å². The summed E-state index contributed by atoms with van der Waals surface area (Å²) in [5, 5.41) is 33.3. The fourth-order valence-electron chi connectivity index (χ4n) is 13.8. The number of aromatic hydroxyl groups is 3. The van der Waals surface area contributed by atoms with Gasteiger partial charge in [0.05, 0.1) is 33.2 Å². The van der Waals surface area contributed by atoms with Crippen molar-refractivity contribution in [3.8, 4) is 69.0 Å². The summed E-state index contributed by atoms with van der Waals surface area (Å²) in [6.45, 7) is 18.1. The van der Waals surface area contributed by atoms with Crippen molar-refractivity contribution >= 4 is 105 Å². The molecule has 0 radical (unpaired) electrons. The van der Waals surface area contributed by atoms with Crippen molar-refractivity contribution in [1.82, 2.24) is 14.7 Å². The molecular weight excluding hydrogens is 1520 g/mol. The molecule has 0 atom stereocenters. The predicted octanol–water partition coefficient (Wildman–Crippen LogP) is 21.4. The molecule has 0 saturated carbocycles. The maximum atomic E-state index is 13.8. The number of hydrogen-bond acceptors (Lipinski definition) is 18. The fraction of sp³-hybridized carbons (Fsp3) is 0.284. The molecule has 576 valence electrons. The highest BCUT2D eigenvalue weighted by molar-refractivity contribution is 7.22. The van der Waals surface area contributed by atoms with Crippen LogP contribution in [0.4, 0.5) is 13.2 Å². The molecule has 0 aliphatic carbocycles. The summed E-state index contributed by atoms with van der Waals surface area (Å²) in [4.78, 5) is 48.9. The van der Waals surface area contributed by atoms with E-state index < -0.39 is 0 Å². The number of phenolic OH excluding ortho intramolecular Hbond substituents is 3. The Bertz CT molecular complexity index is 5290. The number of rotatable bonds is 29. The number of benzene rings is 9. The highest BCUT2D eigenvalue weighted by Crippen LogP contribution is 2.47. The monoisotopic (exact) mass is 1600 g/mol. The lowest BCUT2D eigenvalue weighted by atomic mass is 9.95. The minimum atomic E-state index is -0.253. The van der Waals surface area contributed by atoms with E-state index in [1.54, 1.807) is 97.1 Å². The third-order valence-corrected chi connectivity index (χ3v) is 23.5. The van der Waals surface area contributed by atoms with Crippen molar-refractivity contribution in [2.24, 2.45) is 17.8 Å². The third-order valence-electron chi connectivity index (χ3n) is 19.6. The third kappa shape index (κ3) is 19.4. The molecule has 15 rings (SSSR count). The van der Waals surface area contributed by atoms with Crippen LogP contribution in [-0.2, 0) is 0 Å². The van der Waals surface area contributed by atoms with E-state index in [0.717, 1.165) is 147 Å². The summed E-state index contributed by atoms with van der Waals surface area (Å²) >= 11 is 16.1. The van der Waals surface area contributed by atoms with Gasteiger partial charge in [-0.1, -0.05) is 47.0 Å². The number of ether oxygens (including phenoxy) is 6. The van der Waals surface area contributed by atoms with Gasteiger partial charge in [-0.25, -0.2) is 0 Å². The van der Waals surface area contributed by atoms with Crippen molar-refractivity contribution in [3.63, 3.8) is 0 Å². The summed E-state index contributed by atoms with van der Waals surface area (Å²) in [5.41, 5.74) is 6.29. The molecule has 12 aromatic rings. The normalized spacial score (nSPS) is 14.0. The molecule has 0 unspecified atom stereocenters. The van der Waals surface area contributed by atoms with Crippen molar-refractivity contribution in [1.29, 1.82) is 0 Å². The molecule has 23 heteroatoms. The van der Waals surface area contributed by atoms with E-state index >= 15 is 0 Å². The summed E-state index contributed by atoms with van der Waals surface area (Å²) in [5.74, 6) is 5.79. The molecule has 6 heterocycles. The standard InChI is InChI=1S/C30H30FNO4S.2C29H27ClFNO4S/c1-18-12-19(2)27(20(3)13-18)28(34)30-29(25-9-4-22(33)14-26(25)37-30)36-24-7-5-23(6-8-24)35-11-10-32-16-21(15-31)17-32;1-18-13-20(30)3-9-24(18)27(34)29-28(25-10-4-21(33)14-26(25)37-29)36-23-7-5-22(6-8-23)35-12-2-11-32-16-19(15-31)17-32;1-18-3-4-20(30)13-25(18)27(34)29-28(24-10-5-21(33)14-26(24)37-29)36-23-8-6-22(7-9-23)35-12-2-11-32-16-19(15-31)17-32/h4-9,12-14,21,33H,10-11,15-17H2,1-3H3;2*3-10,13-14,19,33H,2,11-12,15-17H2,1H3. The quantitative estimate of drug-likeness (QED) is 0.0298. The zero-order valence-electron chi connectivity index (χ0n) is 62.0. The van der Waals surface area contributed by atoms with Gasteiger partial charge in [-0.05, 0) is 227 Å². The molecule has 3 aliphatic rings. The lowest BCUT2D eigenvalue weighted by molar-refractivity contribution is 0.0668. The van der Waals surface area contributed by atoms with Crippen molar-refractivity contribution in [2.75, 3.05) is 98.7 Å². The van der Waals surface area contributed by atoms with E-state index in [0.29, 0.717) is 95.7 Å². The van der Waals surface area contributed by atoms with Crippen LogP contribution < -0.4 is 28.4 Å². The van der Waals surface area contributed by atoms with Crippen molar-refractivity contribution < 1.29 is 71.3 Å². The Kier molecular flexibility index (Phi) is 25.9. The fourth-order valence-corrected chi connectivity index (χ4v) is 17.6. The number of likely N-dealkylation sites (tertiary alicyclic amines) is 3. The van der Waals surface area contributed by atoms with E-state index in [9.17, 15) is 42.9 Å². The number of carbonyl (C=O) groups is 3. The molecule has 0 bridgehead atoms. The van der Waals surface area contributed by atoms with Crippen molar-refractivity contribution in [3.05, 3.63) is 245 Å². The zero-order valence-corrected chi connectivity index (χ0v) is 65.9. The number of thiophene rings is 3. The second-order valence-corrected chi connectivity index (χ2v) is 32.3. The molecule has 3 N–H and O–H groups in total. The van der Waals surface area contributed by atoms with Gasteiger partial charge in [0.1, 0.15) is 73.0 Å². The Hall–Kier alpha value is -9.68. The van der Waals surface area contributed by atoms with Crippen LogP contribution in [0.15, 0.2) is 176 Å². The van der Waals surface area contributed by atoms with Crippen molar-refractivity contribution in [2.45, 2.75) is 47.5 Å². The van der Waals surface area contributed by atoms with E-state index in [1.165, 1.54) is 34.0 Å². The molecule has 3 fully saturated rings. The van der Waals surface area contributed by atoms with Gasteiger partial charge in [-0.2, -0.15) is 0 Å². The molecule has 9 aromatic carbocycles. The number of fused-ring (bicyclic) bond motifs is 3. The molecular formula is C88H84Cl2F3N3O12S3. The molecule has 0 amide bonds. The molecule has 3 aliphatic heterocycles. The SMILES string of the molecule is Cc1cc(C)c(C(=O)c2sc3cc(O)ccc3c2Oc2ccc(OCCN3CC(CF)C3)cc2)c(C)c1.Cc1cc(Cl)ccc1C(=O)c1sc2cc(O)ccc2c1Oc1ccc(OCCCN2CC(CF)C2)cc1.Cc1ccc(Cl)cc1C(=O)c1sc2cc(O)ccc2c1Oc1ccc(OCCCN2CC(CF)C2)cc1. The molecule has 0 spiro atoms. The van der Waals surface area contributed by atoms with Crippen LogP contribution in [0.1, 0.15) is 86.4 Å². The maximum Gasteiger partial charge on any atom is 0.207 e. The molecule has 111 heavy (non-hydrogen) atoms. The Labute approximate surface area is 664 Å². The number of ketones is 3. The maximum absolute atomic E-state index is 13.8.